The molecule has 1 rings (SSSR count). The SMILES string of the molecule is CC(CCS)Cc1cccnc1. The highest BCUT2D eigenvalue weighted by Gasteiger charge is 2.01. The molecule has 1 aromatic rings. The summed E-state index contributed by atoms with van der Waals surface area (Å²) in [5, 5.41) is 0. The van der Waals surface area contributed by atoms with Crippen molar-refractivity contribution >= 4 is 12.6 Å². The Hall–Kier alpha value is -0.500. The largest absolute Gasteiger partial charge is 0.264 e. The summed E-state index contributed by atoms with van der Waals surface area (Å²) in [4.78, 5) is 4.08. The van der Waals surface area contributed by atoms with Gasteiger partial charge in [0.1, 0.15) is 0 Å². The minimum Gasteiger partial charge on any atom is -0.264 e. The molecular formula is C10H15NS. The van der Waals surface area contributed by atoms with Crippen LogP contribution in [0.1, 0.15) is 18.9 Å². The van der Waals surface area contributed by atoms with Crippen molar-refractivity contribution in [1.82, 2.24) is 4.98 Å². The van der Waals surface area contributed by atoms with Crippen LogP contribution in [0.2, 0.25) is 0 Å². The molecule has 0 spiro atoms. The van der Waals surface area contributed by atoms with Crippen LogP contribution < -0.4 is 0 Å². The third-order valence-corrected chi connectivity index (χ3v) is 2.19. The van der Waals surface area contributed by atoms with E-state index in [0.717, 1.165) is 12.2 Å². The van der Waals surface area contributed by atoms with Crippen LogP contribution in [0.15, 0.2) is 24.5 Å². The first-order valence-electron chi connectivity index (χ1n) is 4.32. The quantitative estimate of drug-likeness (QED) is 0.704. The standard InChI is InChI=1S/C10H15NS/c1-9(4-6-12)7-10-3-2-5-11-8-10/h2-3,5,8-9,12H,4,6-7H2,1H3. The molecule has 0 aliphatic rings. The van der Waals surface area contributed by atoms with Crippen molar-refractivity contribution in [3.63, 3.8) is 0 Å². The second-order valence-corrected chi connectivity index (χ2v) is 3.63. The van der Waals surface area contributed by atoms with Gasteiger partial charge in [0.25, 0.3) is 0 Å². The molecular weight excluding hydrogens is 166 g/mol. The zero-order valence-electron chi connectivity index (χ0n) is 7.40. The summed E-state index contributed by atoms with van der Waals surface area (Å²) in [6.45, 7) is 2.25. The molecule has 0 radical (unpaired) electrons. The molecule has 0 saturated carbocycles. The molecule has 66 valence electrons. The summed E-state index contributed by atoms with van der Waals surface area (Å²) in [5.74, 6) is 1.69. The maximum Gasteiger partial charge on any atom is 0.0299 e. The van der Waals surface area contributed by atoms with Crippen LogP contribution in [0.4, 0.5) is 0 Å². The molecule has 1 nitrogen and oxygen atoms in total. The van der Waals surface area contributed by atoms with Crippen molar-refractivity contribution in [2.75, 3.05) is 5.75 Å². The maximum atomic E-state index is 4.21. The molecule has 0 saturated heterocycles. The van der Waals surface area contributed by atoms with Gasteiger partial charge in [-0.3, -0.25) is 4.98 Å². The summed E-state index contributed by atoms with van der Waals surface area (Å²) in [6, 6.07) is 4.12. The number of thiol groups is 1. The van der Waals surface area contributed by atoms with Crippen LogP contribution in [0.5, 0.6) is 0 Å². The summed E-state index contributed by atoms with van der Waals surface area (Å²) in [5.41, 5.74) is 1.33. The predicted octanol–water partition coefficient (Wildman–Crippen LogP) is 2.58. The van der Waals surface area contributed by atoms with Crippen molar-refractivity contribution in [3.05, 3.63) is 30.1 Å². The van der Waals surface area contributed by atoms with E-state index in [-0.39, 0.29) is 0 Å². The van der Waals surface area contributed by atoms with E-state index >= 15 is 0 Å². The van der Waals surface area contributed by atoms with Gasteiger partial charge in [-0.05, 0) is 36.1 Å². The maximum absolute atomic E-state index is 4.21. The molecule has 1 aromatic heterocycles. The molecule has 0 aromatic carbocycles. The molecule has 0 N–H and O–H groups in total. The van der Waals surface area contributed by atoms with Crippen molar-refractivity contribution < 1.29 is 0 Å². The lowest BCUT2D eigenvalue weighted by atomic mass is 10.0. The minimum absolute atomic E-state index is 0.715. The van der Waals surface area contributed by atoms with Crippen molar-refractivity contribution in [2.24, 2.45) is 5.92 Å². The molecule has 0 amide bonds. The first kappa shape index (κ1) is 9.59. The third kappa shape index (κ3) is 3.26. The van der Waals surface area contributed by atoms with Gasteiger partial charge in [0.05, 0.1) is 0 Å². The fourth-order valence-electron chi connectivity index (χ4n) is 1.24. The van der Waals surface area contributed by atoms with E-state index < -0.39 is 0 Å². The lowest BCUT2D eigenvalue weighted by Crippen LogP contribution is -2.00. The normalized spacial score (nSPS) is 12.8. The summed E-state index contributed by atoms with van der Waals surface area (Å²) in [7, 11) is 0. The van der Waals surface area contributed by atoms with E-state index in [1.807, 2.05) is 18.5 Å². The molecule has 0 bridgehead atoms. The van der Waals surface area contributed by atoms with Crippen LogP contribution in [-0.4, -0.2) is 10.7 Å². The monoisotopic (exact) mass is 181 g/mol. The zero-order valence-corrected chi connectivity index (χ0v) is 8.30. The van der Waals surface area contributed by atoms with Crippen LogP contribution in [0.25, 0.3) is 0 Å². The number of aromatic nitrogens is 1. The van der Waals surface area contributed by atoms with Gasteiger partial charge in [-0.2, -0.15) is 12.6 Å². The molecule has 1 unspecified atom stereocenters. The van der Waals surface area contributed by atoms with E-state index in [0.29, 0.717) is 5.92 Å². The number of pyridine rings is 1. The van der Waals surface area contributed by atoms with Gasteiger partial charge in [-0.1, -0.05) is 13.0 Å². The Balaban J connectivity index is 2.41. The number of hydrogen-bond donors (Lipinski definition) is 1. The average molecular weight is 181 g/mol. The van der Waals surface area contributed by atoms with Crippen molar-refractivity contribution in [1.29, 1.82) is 0 Å². The molecule has 12 heavy (non-hydrogen) atoms. The molecule has 1 atom stereocenters. The Bertz CT molecular complexity index is 210. The minimum atomic E-state index is 0.715. The molecule has 0 aliphatic heterocycles. The Morgan fingerprint density at radius 1 is 1.58 bits per heavy atom. The molecule has 0 aliphatic carbocycles. The highest BCUT2D eigenvalue weighted by atomic mass is 32.1. The molecule has 0 fully saturated rings. The molecule has 1 heterocycles. The van der Waals surface area contributed by atoms with E-state index in [2.05, 4.69) is 30.6 Å². The number of rotatable bonds is 4. The highest BCUT2D eigenvalue weighted by molar-refractivity contribution is 7.80. The predicted molar refractivity (Wildman–Crippen MR) is 55.6 cm³/mol. The second kappa shape index (κ2) is 5.20. The van der Waals surface area contributed by atoms with E-state index in [9.17, 15) is 0 Å². The Labute approximate surface area is 79.6 Å². The average Bonchev–Trinajstić information content (AvgIpc) is 2.06. The van der Waals surface area contributed by atoms with Gasteiger partial charge >= 0.3 is 0 Å². The highest BCUT2D eigenvalue weighted by Crippen LogP contribution is 2.10. The summed E-state index contributed by atoms with van der Waals surface area (Å²) < 4.78 is 0. The number of nitrogens with zero attached hydrogens (tertiary/aromatic N) is 1. The van der Waals surface area contributed by atoms with Crippen LogP contribution in [-0.2, 0) is 6.42 Å². The number of hydrogen-bond acceptors (Lipinski definition) is 2. The van der Waals surface area contributed by atoms with Crippen LogP contribution in [0.3, 0.4) is 0 Å². The topological polar surface area (TPSA) is 12.9 Å². The fourth-order valence-corrected chi connectivity index (χ4v) is 1.68. The van der Waals surface area contributed by atoms with Gasteiger partial charge in [-0.15, -0.1) is 0 Å². The van der Waals surface area contributed by atoms with E-state index in [1.54, 1.807) is 0 Å². The fraction of sp³-hybridized carbons (Fsp3) is 0.500. The smallest absolute Gasteiger partial charge is 0.0299 e. The summed E-state index contributed by atoms with van der Waals surface area (Å²) >= 11 is 4.21. The zero-order chi connectivity index (χ0) is 8.81. The van der Waals surface area contributed by atoms with E-state index in [4.69, 9.17) is 0 Å². The lowest BCUT2D eigenvalue weighted by molar-refractivity contribution is 0.565. The Morgan fingerprint density at radius 2 is 2.42 bits per heavy atom. The van der Waals surface area contributed by atoms with Crippen LogP contribution >= 0.6 is 12.6 Å². The van der Waals surface area contributed by atoms with E-state index in [1.165, 1.54) is 12.0 Å². The van der Waals surface area contributed by atoms with Gasteiger partial charge in [-0.25, -0.2) is 0 Å². The van der Waals surface area contributed by atoms with Gasteiger partial charge in [0.2, 0.25) is 0 Å². The van der Waals surface area contributed by atoms with Gasteiger partial charge < -0.3 is 0 Å². The molecule has 2 heteroatoms. The summed E-state index contributed by atoms with van der Waals surface area (Å²) in [6.07, 6.45) is 6.05. The first-order valence-corrected chi connectivity index (χ1v) is 4.96. The van der Waals surface area contributed by atoms with Crippen LogP contribution in [0, 0.1) is 5.92 Å². The third-order valence-electron chi connectivity index (χ3n) is 1.93. The Morgan fingerprint density at radius 3 is 3.00 bits per heavy atom. The van der Waals surface area contributed by atoms with Crippen molar-refractivity contribution in [2.45, 2.75) is 19.8 Å². The second-order valence-electron chi connectivity index (χ2n) is 3.18. The first-order chi connectivity index (χ1) is 5.83. The Kier molecular flexibility index (Phi) is 4.15. The lowest BCUT2D eigenvalue weighted by Gasteiger charge is -2.08. The van der Waals surface area contributed by atoms with Crippen molar-refractivity contribution in [3.8, 4) is 0 Å². The van der Waals surface area contributed by atoms with Gasteiger partial charge in [0.15, 0.2) is 0 Å². The van der Waals surface area contributed by atoms with Gasteiger partial charge in [0, 0.05) is 12.4 Å².